The van der Waals surface area contributed by atoms with E-state index in [1.54, 1.807) is 6.92 Å². The summed E-state index contributed by atoms with van der Waals surface area (Å²) >= 11 is 0. The Morgan fingerprint density at radius 3 is 2.72 bits per heavy atom. The van der Waals surface area contributed by atoms with Crippen LogP contribution in [-0.4, -0.2) is 29.9 Å². The van der Waals surface area contributed by atoms with Crippen LogP contribution < -0.4 is 0 Å². The molecule has 1 N–H and O–H groups in total. The third-order valence-corrected chi connectivity index (χ3v) is 2.95. The van der Waals surface area contributed by atoms with Crippen molar-refractivity contribution in [1.82, 2.24) is 0 Å². The minimum atomic E-state index is -0.454. The number of esters is 1. The number of carbonyl (C=O) groups excluding carboxylic acids is 1. The third-order valence-electron chi connectivity index (χ3n) is 2.95. The molecule has 1 aliphatic heterocycles. The first-order chi connectivity index (χ1) is 8.57. The van der Waals surface area contributed by atoms with Crippen molar-refractivity contribution in [3.05, 3.63) is 11.3 Å². The van der Waals surface area contributed by atoms with Crippen LogP contribution in [0, 0.1) is 5.92 Å². The van der Waals surface area contributed by atoms with E-state index in [9.17, 15) is 9.90 Å². The highest BCUT2D eigenvalue weighted by Gasteiger charge is 2.24. The van der Waals surface area contributed by atoms with Gasteiger partial charge in [-0.2, -0.15) is 0 Å². The Morgan fingerprint density at radius 2 is 2.11 bits per heavy atom. The summed E-state index contributed by atoms with van der Waals surface area (Å²) in [7, 11) is 0. The maximum Gasteiger partial charge on any atom is 0.343 e. The molecule has 0 aromatic rings. The predicted molar refractivity (Wildman–Crippen MR) is 71.9 cm³/mol. The molecule has 0 aromatic carbocycles. The average Bonchev–Trinajstić information content (AvgIpc) is 2.58. The van der Waals surface area contributed by atoms with Gasteiger partial charge in [-0.3, -0.25) is 4.99 Å². The van der Waals surface area contributed by atoms with E-state index in [4.69, 9.17) is 4.74 Å². The van der Waals surface area contributed by atoms with Crippen LogP contribution in [0.2, 0.25) is 0 Å². The molecule has 1 heterocycles. The minimum Gasteiger partial charge on any atom is -0.511 e. The van der Waals surface area contributed by atoms with E-state index < -0.39 is 5.97 Å². The van der Waals surface area contributed by atoms with Gasteiger partial charge in [0.2, 0.25) is 0 Å². The summed E-state index contributed by atoms with van der Waals surface area (Å²) < 4.78 is 5.03. The molecule has 1 aliphatic rings. The SMILES string of the molecule is CCOC(=O)/C(C1=NCCCCC1)=C(/O)C(C)C. The monoisotopic (exact) mass is 253 g/mol. The van der Waals surface area contributed by atoms with Gasteiger partial charge in [0.1, 0.15) is 11.3 Å². The van der Waals surface area contributed by atoms with E-state index in [2.05, 4.69) is 4.99 Å². The van der Waals surface area contributed by atoms with Crippen molar-refractivity contribution in [2.24, 2.45) is 10.9 Å². The lowest BCUT2D eigenvalue weighted by atomic mass is 9.99. The predicted octanol–water partition coefficient (Wildman–Crippen LogP) is 3.03. The summed E-state index contributed by atoms with van der Waals surface area (Å²) in [6, 6.07) is 0. The summed E-state index contributed by atoms with van der Waals surface area (Å²) in [6.07, 6.45) is 3.91. The van der Waals surface area contributed by atoms with Gasteiger partial charge in [0.15, 0.2) is 0 Å². The molecule has 0 unspecified atom stereocenters. The molecule has 0 amide bonds. The largest absolute Gasteiger partial charge is 0.511 e. The average molecular weight is 253 g/mol. The second kappa shape index (κ2) is 7.19. The second-order valence-electron chi connectivity index (χ2n) is 4.77. The van der Waals surface area contributed by atoms with Gasteiger partial charge in [-0.15, -0.1) is 0 Å². The molecule has 4 heteroatoms. The number of hydrogen-bond donors (Lipinski definition) is 1. The normalized spacial score (nSPS) is 17.9. The zero-order chi connectivity index (χ0) is 13.5. The molecule has 0 spiro atoms. The highest BCUT2D eigenvalue weighted by Crippen LogP contribution is 2.20. The lowest BCUT2D eigenvalue weighted by Crippen LogP contribution is -2.20. The summed E-state index contributed by atoms with van der Waals surface area (Å²) in [5, 5.41) is 10.1. The number of carbonyl (C=O) groups is 1. The van der Waals surface area contributed by atoms with Crippen molar-refractivity contribution in [3.8, 4) is 0 Å². The lowest BCUT2D eigenvalue weighted by Gasteiger charge is -2.14. The Kier molecular flexibility index (Phi) is 5.89. The van der Waals surface area contributed by atoms with Crippen molar-refractivity contribution < 1.29 is 14.6 Å². The zero-order valence-corrected chi connectivity index (χ0v) is 11.5. The summed E-state index contributed by atoms with van der Waals surface area (Å²) in [5.74, 6) is -0.464. The number of ether oxygens (including phenoxy) is 1. The first-order valence-electron chi connectivity index (χ1n) is 6.71. The fraction of sp³-hybridized carbons (Fsp3) is 0.714. The molecule has 18 heavy (non-hydrogen) atoms. The van der Waals surface area contributed by atoms with Crippen molar-refractivity contribution in [2.75, 3.05) is 13.2 Å². The van der Waals surface area contributed by atoms with E-state index in [1.165, 1.54) is 0 Å². The van der Waals surface area contributed by atoms with E-state index >= 15 is 0 Å². The van der Waals surface area contributed by atoms with Crippen LogP contribution in [-0.2, 0) is 9.53 Å². The molecule has 0 aromatic heterocycles. The van der Waals surface area contributed by atoms with Gasteiger partial charge in [0.05, 0.1) is 12.3 Å². The maximum absolute atomic E-state index is 12.0. The Balaban J connectivity index is 3.07. The van der Waals surface area contributed by atoms with Gasteiger partial charge in [0.25, 0.3) is 0 Å². The fourth-order valence-corrected chi connectivity index (χ4v) is 1.94. The molecule has 0 radical (unpaired) electrons. The number of aliphatic hydroxyl groups is 1. The van der Waals surface area contributed by atoms with Crippen molar-refractivity contribution in [2.45, 2.75) is 46.5 Å². The van der Waals surface area contributed by atoms with Crippen molar-refractivity contribution in [3.63, 3.8) is 0 Å². The van der Waals surface area contributed by atoms with E-state index in [0.29, 0.717) is 12.3 Å². The summed E-state index contributed by atoms with van der Waals surface area (Å²) in [4.78, 5) is 16.4. The molecule has 0 bridgehead atoms. The number of hydrogen-bond acceptors (Lipinski definition) is 4. The third kappa shape index (κ3) is 3.86. The van der Waals surface area contributed by atoms with E-state index in [-0.39, 0.29) is 17.3 Å². The highest BCUT2D eigenvalue weighted by molar-refractivity contribution is 6.20. The minimum absolute atomic E-state index is 0.0918. The van der Waals surface area contributed by atoms with Gasteiger partial charge in [-0.1, -0.05) is 20.3 Å². The quantitative estimate of drug-likeness (QED) is 0.476. The number of allylic oxidation sites excluding steroid dienone is 1. The Bertz CT molecular complexity index is 356. The number of nitrogens with zero attached hydrogens (tertiary/aromatic N) is 1. The van der Waals surface area contributed by atoms with Crippen LogP contribution in [0.5, 0.6) is 0 Å². The van der Waals surface area contributed by atoms with E-state index in [1.807, 2.05) is 13.8 Å². The van der Waals surface area contributed by atoms with Crippen LogP contribution in [0.1, 0.15) is 46.5 Å². The van der Waals surface area contributed by atoms with Crippen LogP contribution in [0.25, 0.3) is 0 Å². The summed E-state index contributed by atoms with van der Waals surface area (Å²) in [5.41, 5.74) is 0.992. The molecule has 1 rings (SSSR count). The molecule has 4 nitrogen and oxygen atoms in total. The van der Waals surface area contributed by atoms with Gasteiger partial charge in [-0.05, 0) is 26.2 Å². The Hall–Kier alpha value is -1.32. The first kappa shape index (κ1) is 14.7. The van der Waals surface area contributed by atoms with Crippen LogP contribution in [0.3, 0.4) is 0 Å². The lowest BCUT2D eigenvalue weighted by molar-refractivity contribution is -0.138. The Labute approximate surface area is 109 Å². The van der Waals surface area contributed by atoms with Crippen LogP contribution in [0.4, 0.5) is 0 Å². The maximum atomic E-state index is 12.0. The van der Waals surface area contributed by atoms with Gasteiger partial charge in [0, 0.05) is 12.5 Å². The smallest absolute Gasteiger partial charge is 0.343 e. The van der Waals surface area contributed by atoms with Gasteiger partial charge in [-0.25, -0.2) is 4.79 Å². The number of aliphatic hydroxyl groups excluding tert-OH is 1. The molecular weight excluding hydrogens is 230 g/mol. The van der Waals surface area contributed by atoms with Crippen LogP contribution in [0.15, 0.2) is 16.3 Å². The van der Waals surface area contributed by atoms with Gasteiger partial charge < -0.3 is 9.84 Å². The fourth-order valence-electron chi connectivity index (χ4n) is 1.94. The topological polar surface area (TPSA) is 58.9 Å². The van der Waals surface area contributed by atoms with Crippen molar-refractivity contribution in [1.29, 1.82) is 0 Å². The zero-order valence-electron chi connectivity index (χ0n) is 11.5. The molecular formula is C14H23NO3. The molecule has 0 atom stereocenters. The second-order valence-corrected chi connectivity index (χ2v) is 4.77. The molecule has 0 saturated heterocycles. The standard InChI is InChI=1S/C14H23NO3/c1-4-18-14(17)12(13(16)10(2)3)11-8-6-5-7-9-15-11/h10,16H,4-9H2,1-3H3/b13-12+. The van der Waals surface area contributed by atoms with E-state index in [0.717, 1.165) is 32.2 Å². The molecule has 0 aliphatic carbocycles. The van der Waals surface area contributed by atoms with Crippen molar-refractivity contribution >= 4 is 11.7 Å². The molecule has 0 fully saturated rings. The number of rotatable bonds is 4. The summed E-state index contributed by atoms with van der Waals surface area (Å²) in [6.45, 7) is 6.50. The first-order valence-corrected chi connectivity index (χ1v) is 6.71. The number of aliphatic imine (C=N–C) groups is 1. The molecule has 102 valence electrons. The van der Waals surface area contributed by atoms with Gasteiger partial charge >= 0.3 is 5.97 Å². The Morgan fingerprint density at radius 1 is 1.39 bits per heavy atom. The molecule has 0 saturated carbocycles. The highest BCUT2D eigenvalue weighted by atomic mass is 16.5. The van der Waals surface area contributed by atoms with Crippen LogP contribution >= 0.6 is 0 Å².